The third-order valence-electron chi connectivity index (χ3n) is 4.49. The molecule has 1 saturated heterocycles. The maximum atomic E-state index is 4.44. The van der Waals surface area contributed by atoms with Crippen molar-refractivity contribution in [1.29, 1.82) is 0 Å². The lowest BCUT2D eigenvalue weighted by molar-refractivity contribution is 0.129. The van der Waals surface area contributed by atoms with Crippen LogP contribution in [0.3, 0.4) is 0 Å². The summed E-state index contributed by atoms with van der Waals surface area (Å²) in [7, 11) is 0. The zero-order chi connectivity index (χ0) is 12.4. The number of hydrogen-bond donors (Lipinski definition) is 0. The van der Waals surface area contributed by atoms with E-state index in [1.807, 2.05) is 6.20 Å². The van der Waals surface area contributed by atoms with Crippen molar-refractivity contribution in [1.82, 2.24) is 19.4 Å². The first kappa shape index (κ1) is 12.2. The SMILES string of the molecule is CCN1CCC(CN2CCn3ccnc3C2)CC1. The molecular weight excluding hydrogens is 224 g/mol. The Hall–Kier alpha value is -0.870. The second-order valence-corrected chi connectivity index (χ2v) is 5.65. The van der Waals surface area contributed by atoms with E-state index < -0.39 is 0 Å². The topological polar surface area (TPSA) is 24.3 Å². The fourth-order valence-electron chi connectivity index (χ4n) is 3.23. The molecule has 0 atom stereocenters. The summed E-state index contributed by atoms with van der Waals surface area (Å²) in [5, 5.41) is 0. The van der Waals surface area contributed by atoms with Gasteiger partial charge in [-0.05, 0) is 38.4 Å². The van der Waals surface area contributed by atoms with Gasteiger partial charge in [-0.3, -0.25) is 4.90 Å². The number of likely N-dealkylation sites (tertiary alicyclic amines) is 1. The maximum absolute atomic E-state index is 4.44. The van der Waals surface area contributed by atoms with Gasteiger partial charge in [0, 0.05) is 32.0 Å². The van der Waals surface area contributed by atoms with Gasteiger partial charge in [0.25, 0.3) is 0 Å². The van der Waals surface area contributed by atoms with Crippen LogP contribution in [-0.2, 0) is 13.1 Å². The Morgan fingerprint density at radius 2 is 2.00 bits per heavy atom. The maximum Gasteiger partial charge on any atom is 0.122 e. The Labute approximate surface area is 110 Å². The van der Waals surface area contributed by atoms with Gasteiger partial charge in [0.2, 0.25) is 0 Å². The summed E-state index contributed by atoms with van der Waals surface area (Å²) in [6, 6.07) is 0. The molecule has 0 N–H and O–H groups in total. The molecule has 0 radical (unpaired) electrons. The second-order valence-electron chi connectivity index (χ2n) is 5.65. The number of fused-ring (bicyclic) bond motifs is 1. The van der Waals surface area contributed by atoms with Crippen molar-refractivity contribution in [2.75, 3.05) is 32.7 Å². The molecule has 2 aliphatic heterocycles. The Morgan fingerprint density at radius 1 is 1.17 bits per heavy atom. The third kappa shape index (κ3) is 2.59. The molecular formula is C14H24N4. The highest BCUT2D eigenvalue weighted by molar-refractivity contribution is 4.95. The molecule has 1 aromatic heterocycles. The summed E-state index contributed by atoms with van der Waals surface area (Å²) in [6.45, 7) is 10.7. The molecule has 3 rings (SSSR count). The number of imidazole rings is 1. The van der Waals surface area contributed by atoms with Crippen molar-refractivity contribution in [2.45, 2.75) is 32.9 Å². The molecule has 0 aliphatic carbocycles. The van der Waals surface area contributed by atoms with Gasteiger partial charge in [0.1, 0.15) is 5.82 Å². The number of nitrogens with zero attached hydrogens (tertiary/aromatic N) is 4. The standard InChI is InChI=1S/C14H24N4/c1-2-16-6-3-13(4-7-16)11-17-9-10-18-8-5-15-14(18)12-17/h5,8,13H,2-4,6-7,9-12H2,1H3. The van der Waals surface area contributed by atoms with E-state index in [4.69, 9.17) is 0 Å². The van der Waals surface area contributed by atoms with E-state index in [-0.39, 0.29) is 0 Å². The fraction of sp³-hybridized carbons (Fsp3) is 0.786. The molecule has 0 bridgehead atoms. The predicted octanol–water partition coefficient (Wildman–Crippen LogP) is 1.43. The molecule has 3 heterocycles. The lowest BCUT2D eigenvalue weighted by Gasteiger charge is -2.35. The smallest absolute Gasteiger partial charge is 0.122 e. The first-order valence-corrected chi connectivity index (χ1v) is 7.30. The van der Waals surface area contributed by atoms with Gasteiger partial charge in [-0.15, -0.1) is 0 Å². The van der Waals surface area contributed by atoms with Crippen LogP contribution in [0, 0.1) is 5.92 Å². The number of aromatic nitrogens is 2. The van der Waals surface area contributed by atoms with Gasteiger partial charge in [-0.1, -0.05) is 6.92 Å². The van der Waals surface area contributed by atoms with E-state index in [0.29, 0.717) is 0 Å². The molecule has 2 aliphatic rings. The van der Waals surface area contributed by atoms with Crippen LogP contribution < -0.4 is 0 Å². The van der Waals surface area contributed by atoms with Crippen LogP contribution in [-0.4, -0.2) is 52.1 Å². The van der Waals surface area contributed by atoms with Crippen molar-refractivity contribution in [3.63, 3.8) is 0 Å². The highest BCUT2D eigenvalue weighted by atomic mass is 15.2. The third-order valence-corrected chi connectivity index (χ3v) is 4.49. The summed E-state index contributed by atoms with van der Waals surface area (Å²) >= 11 is 0. The number of rotatable bonds is 3. The highest BCUT2D eigenvalue weighted by Crippen LogP contribution is 2.20. The van der Waals surface area contributed by atoms with Crippen molar-refractivity contribution in [3.8, 4) is 0 Å². The van der Waals surface area contributed by atoms with Crippen LogP contribution in [0.25, 0.3) is 0 Å². The van der Waals surface area contributed by atoms with Gasteiger partial charge in [0.05, 0.1) is 6.54 Å². The quantitative estimate of drug-likeness (QED) is 0.809. The van der Waals surface area contributed by atoms with Crippen molar-refractivity contribution < 1.29 is 0 Å². The van der Waals surface area contributed by atoms with E-state index in [2.05, 4.69) is 32.5 Å². The molecule has 4 nitrogen and oxygen atoms in total. The number of piperidine rings is 1. The molecule has 100 valence electrons. The van der Waals surface area contributed by atoms with Gasteiger partial charge in [-0.2, -0.15) is 0 Å². The van der Waals surface area contributed by atoms with E-state index in [0.717, 1.165) is 19.0 Å². The van der Waals surface area contributed by atoms with Crippen molar-refractivity contribution in [2.24, 2.45) is 5.92 Å². The Bertz CT molecular complexity index is 379. The molecule has 0 unspecified atom stereocenters. The average molecular weight is 248 g/mol. The normalized spacial score (nSPS) is 23.2. The Morgan fingerprint density at radius 3 is 2.78 bits per heavy atom. The van der Waals surface area contributed by atoms with Gasteiger partial charge < -0.3 is 9.47 Å². The molecule has 0 aromatic carbocycles. The van der Waals surface area contributed by atoms with Crippen LogP contribution in [0.5, 0.6) is 0 Å². The summed E-state index contributed by atoms with van der Waals surface area (Å²) in [6.07, 6.45) is 6.78. The van der Waals surface area contributed by atoms with Crippen molar-refractivity contribution >= 4 is 0 Å². The zero-order valence-corrected chi connectivity index (χ0v) is 11.4. The molecule has 0 saturated carbocycles. The highest BCUT2D eigenvalue weighted by Gasteiger charge is 2.23. The molecule has 4 heteroatoms. The lowest BCUT2D eigenvalue weighted by Crippen LogP contribution is -2.41. The molecule has 18 heavy (non-hydrogen) atoms. The lowest BCUT2D eigenvalue weighted by atomic mass is 9.96. The van der Waals surface area contributed by atoms with Crippen LogP contribution in [0.1, 0.15) is 25.6 Å². The van der Waals surface area contributed by atoms with Crippen molar-refractivity contribution in [3.05, 3.63) is 18.2 Å². The van der Waals surface area contributed by atoms with E-state index >= 15 is 0 Å². The molecule has 0 amide bonds. The zero-order valence-electron chi connectivity index (χ0n) is 11.4. The average Bonchev–Trinajstić information content (AvgIpc) is 2.87. The van der Waals surface area contributed by atoms with Gasteiger partial charge in [-0.25, -0.2) is 4.98 Å². The number of hydrogen-bond acceptors (Lipinski definition) is 3. The van der Waals surface area contributed by atoms with E-state index in [1.54, 1.807) is 0 Å². The minimum absolute atomic E-state index is 0.898. The first-order chi connectivity index (χ1) is 8.85. The van der Waals surface area contributed by atoms with Gasteiger partial charge in [0.15, 0.2) is 0 Å². The largest absolute Gasteiger partial charge is 0.333 e. The fourth-order valence-corrected chi connectivity index (χ4v) is 3.23. The minimum Gasteiger partial charge on any atom is -0.333 e. The summed E-state index contributed by atoms with van der Waals surface area (Å²) in [5.41, 5.74) is 0. The summed E-state index contributed by atoms with van der Waals surface area (Å²) < 4.78 is 2.29. The van der Waals surface area contributed by atoms with Gasteiger partial charge >= 0.3 is 0 Å². The molecule has 1 fully saturated rings. The first-order valence-electron chi connectivity index (χ1n) is 7.30. The van der Waals surface area contributed by atoms with Crippen LogP contribution in [0.2, 0.25) is 0 Å². The second kappa shape index (κ2) is 5.41. The molecule has 1 aromatic rings. The Balaban J connectivity index is 1.50. The summed E-state index contributed by atoms with van der Waals surface area (Å²) in [5.74, 6) is 2.14. The predicted molar refractivity (Wildman–Crippen MR) is 72.3 cm³/mol. The summed E-state index contributed by atoms with van der Waals surface area (Å²) in [4.78, 5) is 9.60. The van der Waals surface area contributed by atoms with E-state index in [9.17, 15) is 0 Å². The monoisotopic (exact) mass is 248 g/mol. The van der Waals surface area contributed by atoms with E-state index in [1.165, 1.54) is 51.4 Å². The van der Waals surface area contributed by atoms with Crippen LogP contribution in [0.4, 0.5) is 0 Å². The Kier molecular flexibility index (Phi) is 3.66. The molecule has 0 spiro atoms. The van der Waals surface area contributed by atoms with Crippen LogP contribution in [0.15, 0.2) is 12.4 Å². The van der Waals surface area contributed by atoms with Crippen LogP contribution >= 0.6 is 0 Å². The minimum atomic E-state index is 0.898.